The summed E-state index contributed by atoms with van der Waals surface area (Å²) < 4.78 is 1.70. The average molecular weight is 361 g/mol. The lowest BCUT2D eigenvalue weighted by Gasteiger charge is -2.07. The Morgan fingerprint density at radius 1 is 1.08 bits per heavy atom. The minimum Gasteiger partial charge on any atom is -0.322 e. The molecule has 4 rings (SSSR count). The van der Waals surface area contributed by atoms with Gasteiger partial charge in [-0.25, -0.2) is 0 Å². The van der Waals surface area contributed by atoms with Crippen LogP contribution >= 0.6 is 11.3 Å². The molecule has 2 heterocycles. The van der Waals surface area contributed by atoms with Gasteiger partial charge < -0.3 is 5.32 Å². The quantitative estimate of drug-likeness (QED) is 0.561. The summed E-state index contributed by atoms with van der Waals surface area (Å²) >= 11 is 1.43. The van der Waals surface area contributed by atoms with Gasteiger partial charge in [0.1, 0.15) is 5.01 Å². The predicted molar refractivity (Wildman–Crippen MR) is 103 cm³/mol. The van der Waals surface area contributed by atoms with Gasteiger partial charge in [-0.15, -0.1) is 10.2 Å². The minimum atomic E-state index is -0.194. The first-order valence-electron chi connectivity index (χ1n) is 8.03. The molecule has 1 amide bonds. The van der Waals surface area contributed by atoms with E-state index in [1.165, 1.54) is 17.4 Å². The van der Waals surface area contributed by atoms with E-state index in [1.807, 2.05) is 61.5 Å². The normalized spacial score (nSPS) is 11.3. The Morgan fingerprint density at radius 2 is 1.85 bits per heavy atom. The van der Waals surface area contributed by atoms with Crippen LogP contribution in [0.5, 0.6) is 0 Å². The Labute approximate surface area is 153 Å². The fraction of sp³-hybridized carbons (Fsp3) is 0.0526. The third-order valence-corrected chi connectivity index (χ3v) is 4.72. The number of aromatic nitrogens is 4. The summed E-state index contributed by atoms with van der Waals surface area (Å²) in [5.41, 5.74) is 2.53. The zero-order chi connectivity index (χ0) is 17.9. The second-order valence-electron chi connectivity index (χ2n) is 5.63. The van der Waals surface area contributed by atoms with Gasteiger partial charge in [0, 0.05) is 11.6 Å². The van der Waals surface area contributed by atoms with E-state index in [0.717, 1.165) is 26.9 Å². The lowest BCUT2D eigenvalue weighted by atomic mass is 10.2. The molecular formula is C19H15N5OS. The second-order valence-corrected chi connectivity index (χ2v) is 6.58. The van der Waals surface area contributed by atoms with Crippen molar-refractivity contribution in [2.24, 2.45) is 0 Å². The van der Waals surface area contributed by atoms with Crippen LogP contribution in [-0.4, -0.2) is 25.7 Å². The summed E-state index contributed by atoms with van der Waals surface area (Å²) in [5, 5.41) is 16.3. The number of hydrogen-bond donors (Lipinski definition) is 1. The van der Waals surface area contributed by atoms with Crippen LogP contribution in [0.25, 0.3) is 21.6 Å². The lowest BCUT2D eigenvalue weighted by Crippen LogP contribution is -2.08. The van der Waals surface area contributed by atoms with Crippen LogP contribution < -0.4 is 5.32 Å². The molecule has 0 aliphatic heterocycles. The van der Waals surface area contributed by atoms with Crippen molar-refractivity contribution in [1.82, 2.24) is 19.8 Å². The van der Waals surface area contributed by atoms with Gasteiger partial charge in [-0.05, 0) is 30.7 Å². The first kappa shape index (κ1) is 16.2. The number of carbonyl (C=O) groups is 1. The van der Waals surface area contributed by atoms with E-state index in [-0.39, 0.29) is 5.91 Å². The van der Waals surface area contributed by atoms with Crippen LogP contribution in [0.2, 0.25) is 0 Å². The average Bonchev–Trinajstić information content (AvgIpc) is 3.24. The standard InChI is InChI=1S/C19H15N5OS/c1-13-21-22-19-24(13)23-18(26-19)15-9-5-6-10-16(15)20-17(25)12-11-14-7-3-2-4-8-14/h2-12H,1H3,(H,20,25)/b12-11+. The number of para-hydroxylation sites is 1. The number of benzene rings is 2. The zero-order valence-electron chi connectivity index (χ0n) is 14.0. The Kier molecular flexibility index (Phi) is 4.28. The van der Waals surface area contributed by atoms with Crippen molar-refractivity contribution in [3.05, 3.63) is 72.1 Å². The Morgan fingerprint density at radius 3 is 2.65 bits per heavy atom. The van der Waals surface area contributed by atoms with Crippen LogP contribution in [0.1, 0.15) is 11.4 Å². The maximum absolute atomic E-state index is 12.3. The summed E-state index contributed by atoms with van der Waals surface area (Å²) in [4.78, 5) is 13.0. The third-order valence-electron chi connectivity index (χ3n) is 3.79. The van der Waals surface area contributed by atoms with E-state index in [2.05, 4.69) is 20.6 Å². The van der Waals surface area contributed by atoms with Crippen molar-refractivity contribution < 1.29 is 4.79 Å². The fourth-order valence-electron chi connectivity index (χ4n) is 2.51. The molecule has 1 N–H and O–H groups in total. The van der Waals surface area contributed by atoms with E-state index in [0.29, 0.717) is 5.69 Å². The number of rotatable bonds is 4. The van der Waals surface area contributed by atoms with Gasteiger partial charge in [0.2, 0.25) is 10.9 Å². The SMILES string of the molecule is Cc1nnc2sc(-c3ccccc3NC(=O)/C=C/c3ccccc3)nn12. The molecule has 0 saturated carbocycles. The lowest BCUT2D eigenvalue weighted by molar-refractivity contribution is -0.111. The molecule has 0 aliphatic carbocycles. The minimum absolute atomic E-state index is 0.194. The van der Waals surface area contributed by atoms with Crippen molar-refractivity contribution in [2.45, 2.75) is 6.92 Å². The molecule has 0 aliphatic rings. The number of anilines is 1. The summed E-state index contributed by atoms with van der Waals surface area (Å²) in [6, 6.07) is 17.3. The number of nitrogens with zero attached hydrogens (tertiary/aromatic N) is 4. The van der Waals surface area contributed by atoms with E-state index in [4.69, 9.17) is 0 Å². The summed E-state index contributed by atoms with van der Waals surface area (Å²) in [6.45, 7) is 1.85. The maximum Gasteiger partial charge on any atom is 0.248 e. The van der Waals surface area contributed by atoms with Gasteiger partial charge in [-0.1, -0.05) is 53.8 Å². The maximum atomic E-state index is 12.3. The summed E-state index contributed by atoms with van der Waals surface area (Å²) in [7, 11) is 0. The Balaban J connectivity index is 1.59. The number of hydrogen-bond acceptors (Lipinski definition) is 5. The number of nitrogens with one attached hydrogen (secondary N) is 1. The molecule has 0 bridgehead atoms. The molecule has 4 aromatic rings. The molecular weight excluding hydrogens is 346 g/mol. The highest BCUT2D eigenvalue weighted by Gasteiger charge is 2.14. The van der Waals surface area contributed by atoms with E-state index in [1.54, 1.807) is 10.6 Å². The van der Waals surface area contributed by atoms with Crippen LogP contribution in [-0.2, 0) is 4.79 Å². The number of amides is 1. The molecule has 0 radical (unpaired) electrons. The largest absolute Gasteiger partial charge is 0.322 e. The molecule has 0 spiro atoms. The predicted octanol–water partition coefficient (Wildman–Crippen LogP) is 3.81. The van der Waals surface area contributed by atoms with Crippen molar-refractivity contribution in [3.63, 3.8) is 0 Å². The van der Waals surface area contributed by atoms with E-state index in [9.17, 15) is 4.79 Å². The number of fused-ring (bicyclic) bond motifs is 1. The van der Waals surface area contributed by atoms with Crippen molar-refractivity contribution in [1.29, 1.82) is 0 Å². The Hall–Kier alpha value is -3.32. The van der Waals surface area contributed by atoms with Gasteiger partial charge in [-0.2, -0.15) is 9.61 Å². The summed E-state index contributed by atoms with van der Waals surface area (Å²) in [6.07, 6.45) is 3.30. The molecule has 2 aromatic carbocycles. The van der Waals surface area contributed by atoms with Gasteiger partial charge in [0.15, 0.2) is 5.82 Å². The molecule has 128 valence electrons. The van der Waals surface area contributed by atoms with Crippen molar-refractivity contribution in [3.8, 4) is 10.6 Å². The van der Waals surface area contributed by atoms with Crippen LogP contribution in [0.4, 0.5) is 5.69 Å². The number of aryl methyl sites for hydroxylation is 1. The van der Waals surface area contributed by atoms with Crippen LogP contribution in [0.15, 0.2) is 60.7 Å². The van der Waals surface area contributed by atoms with Gasteiger partial charge in [0.25, 0.3) is 0 Å². The third kappa shape index (κ3) is 3.25. The van der Waals surface area contributed by atoms with E-state index < -0.39 is 0 Å². The Bertz CT molecular complexity index is 1100. The first-order chi connectivity index (χ1) is 12.7. The molecule has 2 aromatic heterocycles. The van der Waals surface area contributed by atoms with Crippen molar-refractivity contribution in [2.75, 3.05) is 5.32 Å². The molecule has 6 nitrogen and oxygen atoms in total. The van der Waals surface area contributed by atoms with Gasteiger partial charge in [-0.3, -0.25) is 4.79 Å². The smallest absolute Gasteiger partial charge is 0.248 e. The highest BCUT2D eigenvalue weighted by molar-refractivity contribution is 7.19. The highest BCUT2D eigenvalue weighted by Crippen LogP contribution is 2.31. The molecule has 0 fully saturated rings. The molecule has 0 saturated heterocycles. The molecule has 0 atom stereocenters. The van der Waals surface area contributed by atoms with Crippen LogP contribution in [0, 0.1) is 6.92 Å². The van der Waals surface area contributed by atoms with Gasteiger partial charge >= 0.3 is 0 Å². The molecule has 0 unspecified atom stereocenters. The van der Waals surface area contributed by atoms with Crippen LogP contribution in [0.3, 0.4) is 0 Å². The second kappa shape index (κ2) is 6.89. The molecule has 7 heteroatoms. The monoisotopic (exact) mass is 361 g/mol. The fourth-order valence-corrected chi connectivity index (χ4v) is 3.44. The first-order valence-corrected chi connectivity index (χ1v) is 8.85. The highest BCUT2D eigenvalue weighted by atomic mass is 32.1. The van der Waals surface area contributed by atoms with E-state index >= 15 is 0 Å². The van der Waals surface area contributed by atoms with Gasteiger partial charge in [0.05, 0.1) is 5.69 Å². The topological polar surface area (TPSA) is 72.2 Å². The summed E-state index contributed by atoms with van der Waals surface area (Å²) in [5.74, 6) is 0.537. The molecule has 26 heavy (non-hydrogen) atoms. The van der Waals surface area contributed by atoms with Crippen molar-refractivity contribution >= 4 is 34.0 Å². The zero-order valence-corrected chi connectivity index (χ0v) is 14.8. The number of carbonyl (C=O) groups excluding carboxylic acids is 1.